The molecule has 1 aliphatic heterocycles. The number of hydrogen-bond acceptors (Lipinski definition) is 3. The Balaban J connectivity index is 2.38. The Kier molecular flexibility index (Phi) is 4.50. The van der Waals surface area contributed by atoms with Gasteiger partial charge in [0.2, 0.25) is 0 Å². The maximum absolute atomic E-state index is 6.32. The van der Waals surface area contributed by atoms with Gasteiger partial charge in [-0.1, -0.05) is 17.7 Å². The summed E-state index contributed by atoms with van der Waals surface area (Å²) in [6.07, 6.45) is 0. The van der Waals surface area contributed by atoms with Crippen LogP contribution in [0, 0.1) is 0 Å². The van der Waals surface area contributed by atoms with Gasteiger partial charge in [0.05, 0.1) is 29.6 Å². The van der Waals surface area contributed by atoms with Crippen LogP contribution in [-0.2, 0) is 4.74 Å². The van der Waals surface area contributed by atoms with E-state index in [2.05, 4.69) is 9.89 Å². The van der Waals surface area contributed by atoms with Crippen LogP contribution in [0.25, 0.3) is 0 Å². The van der Waals surface area contributed by atoms with Crippen LogP contribution in [0.4, 0.5) is 11.4 Å². The van der Waals surface area contributed by atoms with Crippen molar-refractivity contribution >= 4 is 28.9 Å². The summed E-state index contributed by atoms with van der Waals surface area (Å²) < 4.78 is 5.37. The quantitative estimate of drug-likeness (QED) is 0.662. The maximum Gasteiger partial charge on any atom is 0.196 e. The topological polar surface area (TPSA) is 54.1 Å². The molecule has 1 saturated heterocycles. The minimum Gasteiger partial charge on any atom is -0.378 e. The Morgan fingerprint density at radius 2 is 2.05 bits per heavy atom. The first kappa shape index (κ1) is 14.0. The number of morpholine rings is 1. The Bertz CT molecular complexity index is 470. The number of aliphatic imine (C=N–C) groups is 1. The number of nitrogens with two attached hydrogens (primary N) is 1. The molecule has 0 amide bonds. The summed E-state index contributed by atoms with van der Waals surface area (Å²) >= 11 is 6.32. The molecule has 1 aromatic carbocycles. The van der Waals surface area contributed by atoms with Gasteiger partial charge in [-0.25, -0.2) is 4.99 Å². The van der Waals surface area contributed by atoms with E-state index in [-0.39, 0.29) is 0 Å². The molecule has 0 spiro atoms. The third-order valence-corrected chi connectivity index (χ3v) is 3.29. The normalized spacial score (nSPS) is 16.6. The van der Waals surface area contributed by atoms with Crippen LogP contribution in [0.2, 0.25) is 5.02 Å². The van der Waals surface area contributed by atoms with Crippen LogP contribution in [0.15, 0.2) is 23.2 Å². The standard InChI is InChI=1S/C13H19ClN4O/c1-17(2)13(15)16-11-5-3-4-10(14)12(11)18-6-8-19-9-7-18/h3-5H,6-9H2,1-2H3,(H2,15,16). The summed E-state index contributed by atoms with van der Waals surface area (Å²) in [6.45, 7) is 3.04. The highest BCUT2D eigenvalue weighted by Crippen LogP contribution is 2.36. The van der Waals surface area contributed by atoms with Gasteiger partial charge >= 0.3 is 0 Å². The van der Waals surface area contributed by atoms with E-state index in [1.165, 1.54) is 0 Å². The van der Waals surface area contributed by atoms with Gasteiger partial charge in [0.15, 0.2) is 5.96 Å². The number of nitrogens with zero attached hydrogens (tertiary/aromatic N) is 3. The predicted molar refractivity (Wildman–Crippen MR) is 79.5 cm³/mol. The van der Waals surface area contributed by atoms with Crippen LogP contribution in [0.5, 0.6) is 0 Å². The number of anilines is 1. The lowest BCUT2D eigenvalue weighted by atomic mass is 10.2. The van der Waals surface area contributed by atoms with Gasteiger partial charge in [-0.05, 0) is 12.1 Å². The van der Waals surface area contributed by atoms with Gasteiger partial charge in [-0.2, -0.15) is 0 Å². The fourth-order valence-electron chi connectivity index (χ4n) is 1.92. The van der Waals surface area contributed by atoms with E-state index in [9.17, 15) is 0 Å². The smallest absolute Gasteiger partial charge is 0.196 e. The number of halogens is 1. The van der Waals surface area contributed by atoms with Crippen molar-refractivity contribution in [2.75, 3.05) is 45.3 Å². The number of para-hydroxylation sites is 1. The lowest BCUT2D eigenvalue weighted by Gasteiger charge is -2.30. The Morgan fingerprint density at radius 1 is 1.37 bits per heavy atom. The molecule has 0 unspecified atom stereocenters. The molecular weight excluding hydrogens is 264 g/mol. The zero-order valence-electron chi connectivity index (χ0n) is 11.3. The van der Waals surface area contributed by atoms with Crippen molar-refractivity contribution < 1.29 is 4.74 Å². The fourth-order valence-corrected chi connectivity index (χ4v) is 2.21. The van der Waals surface area contributed by atoms with E-state index < -0.39 is 0 Å². The van der Waals surface area contributed by atoms with Crippen LogP contribution in [0.3, 0.4) is 0 Å². The molecule has 1 aliphatic rings. The van der Waals surface area contributed by atoms with Crippen molar-refractivity contribution in [1.29, 1.82) is 0 Å². The van der Waals surface area contributed by atoms with Crippen molar-refractivity contribution in [2.24, 2.45) is 10.7 Å². The SMILES string of the molecule is CN(C)/C(N)=N/c1cccc(Cl)c1N1CCOCC1. The lowest BCUT2D eigenvalue weighted by molar-refractivity contribution is 0.123. The molecule has 0 aliphatic carbocycles. The van der Waals surface area contributed by atoms with Gasteiger partial charge in [0, 0.05) is 27.2 Å². The minimum atomic E-state index is 0.455. The van der Waals surface area contributed by atoms with Gasteiger partial charge in [-0.15, -0.1) is 0 Å². The van der Waals surface area contributed by atoms with E-state index in [0.29, 0.717) is 24.2 Å². The highest BCUT2D eigenvalue weighted by atomic mass is 35.5. The van der Waals surface area contributed by atoms with Crippen LogP contribution in [-0.4, -0.2) is 51.3 Å². The summed E-state index contributed by atoms with van der Waals surface area (Å²) in [4.78, 5) is 8.40. The van der Waals surface area contributed by atoms with E-state index in [0.717, 1.165) is 24.5 Å². The summed E-state index contributed by atoms with van der Waals surface area (Å²) in [5, 5.41) is 0.690. The number of rotatable bonds is 2. The van der Waals surface area contributed by atoms with E-state index >= 15 is 0 Å². The first-order valence-corrected chi connectivity index (χ1v) is 6.60. The van der Waals surface area contributed by atoms with Gasteiger partial charge in [-0.3, -0.25) is 0 Å². The number of guanidine groups is 1. The molecule has 1 fully saturated rings. The van der Waals surface area contributed by atoms with Crippen LogP contribution < -0.4 is 10.6 Å². The minimum absolute atomic E-state index is 0.455. The molecule has 6 heteroatoms. The first-order chi connectivity index (χ1) is 9.09. The molecule has 0 bridgehead atoms. The highest BCUT2D eigenvalue weighted by Gasteiger charge is 2.17. The summed E-state index contributed by atoms with van der Waals surface area (Å²) in [6, 6.07) is 5.68. The summed E-state index contributed by atoms with van der Waals surface area (Å²) in [5.74, 6) is 0.455. The first-order valence-electron chi connectivity index (χ1n) is 6.22. The van der Waals surface area contributed by atoms with E-state index in [1.54, 1.807) is 4.90 Å². The monoisotopic (exact) mass is 282 g/mol. The van der Waals surface area contributed by atoms with Gasteiger partial charge < -0.3 is 20.3 Å². The van der Waals surface area contributed by atoms with E-state index in [4.69, 9.17) is 22.1 Å². The van der Waals surface area contributed by atoms with E-state index in [1.807, 2.05) is 32.3 Å². The zero-order chi connectivity index (χ0) is 13.8. The summed E-state index contributed by atoms with van der Waals surface area (Å²) in [7, 11) is 3.72. The lowest BCUT2D eigenvalue weighted by Crippen LogP contribution is -2.36. The molecule has 2 N–H and O–H groups in total. The van der Waals surface area contributed by atoms with Crippen molar-refractivity contribution in [3.63, 3.8) is 0 Å². The number of ether oxygens (including phenoxy) is 1. The zero-order valence-corrected chi connectivity index (χ0v) is 12.0. The number of hydrogen-bond donors (Lipinski definition) is 1. The second-order valence-electron chi connectivity index (χ2n) is 4.57. The average molecular weight is 283 g/mol. The van der Waals surface area contributed by atoms with Crippen molar-refractivity contribution in [3.8, 4) is 0 Å². The average Bonchev–Trinajstić information content (AvgIpc) is 2.39. The maximum atomic E-state index is 6.32. The van der Waals surface area contributed by atoms with Gasteiger partial charge in [0.25, 0.3) is 0 Å². The molecule has 0 saturated carbocycles. The second kappa shape index (κ2) is 6.12. The van der Waals surface area contributed by atoms with Crippen molar-refractivity contribution in [3.05, 3.63) is 23.2 Å². The van der Waals surface area contributed by atoms with Gasteiger partial charge in [0.1, 0.15) is 0 Å². The molecule has 5 nitrogen and oxygen atoms in total. The Labute approximate surface area is 118 Å². The third kappa shape index (κ3) is 3.30. The molecule has 1 aromatic rings. The fraction of sp³-hybridized carbons (Fsp3) is 0.462. The van der Waals surface area contributed by atoms with Crippen LogP contribution >= 0.6 is 11.6 Å². The molecule has 19 heavy (non-hydrogen) atoms. The number of benzene rings is 1. The molecule has 0 atom stereocenters. The Morgan fingerprint density at radius 3 is 2.68 bits per heavy atom. The summed E-state index contributed by atoms with van der Waals surface area (Å²) in [5.41, 5.74) is 7.61. The molecule has 0 radical (unpaired) electrons. The molecule has 104 valence electrons. The third-order valence-electron chi connectivity index (χ3n) is 2.99. The van der Waals surface area contributed by atoms with Crippen LogP contribution in [0.1, 0.15) is 0 Å². The second-order valence-corrected chi connectivity index (χ2v) is 4.98. The van der Waals surface area contributed by atoms with Crippen molar-refractivity contribution in [1.82, 2.24) is 4.90 Å². The Hall–Kier alpha value is -1.46. The largest absolute Gasteiger partial charge is 0.378 e. The predicted octanol–water partition coefficient (Wildman–Crippen LogP) is 1.68. The molecule has 0 aromatic heterocycles. The highest BCUT2D eigenvalue weighted by molar-refractivity contribution is 6.34. The molecule has 1 heterocycles. The molecule has 2 rings (SSSR count). The molecular formula is C13H19ClN4O. The van der Waals surface area contributed by atoms with Crippen molar-refractivity contribution in [2.45, 2.75) is 0 Å².